The van der Waals surface area contributed by atoms with Gasteiger partial charge in [0.1, 0.15) is 5.82 Å². The minimum atomic E-state index is -0.833. The number of anilines is 1. The predicted molar refractivity (Wildman–Crippen MR) is 82.1 cm³/mol. The van der Waals surface area contributed by atoms with Crippen LogP contribution in [0.25, 0.3) is 0 Å². The van der Waals surface area contributed by atoms with Gasteiger partial charge in [0.05, 0.1) is 5.92 Å². The quantitative estimate of drug-likeness (QED) is 0.840. The normalized spacial score (nSPS) is 16.1. The smallest absolute Gasteiger partial charge is 0.311 e. The number of hydrogen-bond donors (Lipinski definition) is 1. The SMILES string of the molecule is CC.CC.Cc1cc2c(cc1F)N(C)CCC2C(=O)O. The second-order valence-corrected chi connectivity index (χ2v) is 4.26. The Morgan fingerprint density at radius 1 is 1.30 bits per heavy atom. The van der Waals surface area contributed by atoms with Gasteiger partial charge in [0, 0.05) is 19.3 Å². The molecule has 1 aromatic rings. The summed E-state index contributed by atoms with van der Waals surface area (Å²) in [6, 6.07) is 3.08. The van der Waals surface area contributed by atoms with E-state index < -0.39 is 11.9 Å². The molecule has 20 heavy (non-hydrogen) atoms. The maximum Gasteiger partial charge on any atom is 0.311 e. The van der Waals surface area contributed by atoms with Crippen molar-refractivity contribution >= 4 is 11.7 Å². The maximum atomic E-state index is 13.4. The van der Waals surface area contributed by atoms with E-state index in [1.807, 2.05) is 39.6 Å². The lowest BCUT2D eigenvalue weighted by Crippen LogP contribution is -2.30. The largest absolute Gasteiger partial charge is 0.481 e. The van der Waals surface area contributed by atoms with Gasteiger partial charge in [-0.3, -0.25) is 4.79 Å². The lowest BCUT2D eigenvalue weighted by atomic mass is 9.89. The van der Waals surface area contributed by atoms with Crippen molar-refractivity contribution in [3.05, 3.63) is 29.1 Å². The Kier molecular flexibility index (Phi) is 7.89. The molecule has 0 aromatic heterocycles. The number of aryl methyl sites for hydroxylation is 1. The van der Waals surface area contributed by atoms with Gasteiger partial charge in [-0.1, -0.05) is 33.8 Å². The zero-order chi connectivity index (χ0) is 15.9. The Morgan fingerprint density at radius 3 is 2.35 bits per heavy atom. The number of fused-ring (bicyclic) bond motifs is 1. The highest BCUT2D eigenvalue weighted by molar-refractivity contribution is 5.80. The zero-order valence-corrected chi connectivity index (χ0v) is 13.3. The van der Waals surface area contributed by atoms with Gasteiger partial charge in [0.25, 0.3) is 0 Å². The molecule has 4 heteroatoms. The molecular formula is C16H26FNO2. The van der Waals surface area contributed by atoms with Crippen LogP contribution in [0.5, 0.6) is 0 Å². The number of carboxylic acid groups (broad SMARTS) is 1. The monoisotopic (exact) mass is 283 g/mol. The molecule has 1 N–H and O–H groups in total. The van der Waals surface area contributed by atoms with Gasteiger partial charge < -0.3 is 10.0 Å². The number of carboxylic acids is 1. The summed E-state index contributed by atoms with van der Waals surface area (Å²) in [5.74, 6) is -1.62. The molecule has 0 spiro atoms. The first-order valence-corrected chi connectivity index (χ1v) is 7.24. The number of nitrogens with zero attached hydrogens (tertiary/aromatic N) is 1. The van der Waals surface area contributed by atoms with Crippen LogP contribution < -0.4 is 4.90 Å². The highest BCUT2D eigenvalue weighted by Crippen LogP contribution is 2.36. The first kappa shape index (κ1) is 18.4. The van der Waals surface area contributed by atoms with Crippen molar-refractivity contribution in [2.45, 2.75) is 47.0 Å². The first-order chi connectivity index (χ1) is 9.50. The van der Waals surface area contributed by atoms with E-state index in [2.05, 4.69) is 0 Å². The lowest BCUT2D eigenvalue weighted by molar-refractivity contribution is -0.139. The van der Waals surface area contributed by atoms with Crippen molar-refractivity contribution in [2.75, 3.05) is 18.5 Å². The minimum absolute atomic E-state index is 0.281. The van der Waals surface area contributed by atoms with Gasteiger partial charge in [0.15, 0.2) is 0 Å². The summed E-state index contributed by atoms with van der Waals surface area (Å²) < 4.78 is 13.4. The predicted octanol–water partition coefficient (Wildman–Crippen LogP) is 4.19. The number of aliphatic carboxylic acids is 1. The van der Waals surface area contributed by atoms with Crippen LogP contribution in [-0.2, 0) is 4.79 Å². The van der Waals surface area contributed by atoms with E-state index >= 15 is 0 Å². The summed E-state index contributed by atoms with van der Waals surface area (Å²) in [7, 11) is 1.85. The summed E-state index contributed by atoms with van der Waals surface area (Å²) in [5.41, 5.74) is 1.92. The minimum Gasteiger partial charge on any atom is -0.481 e. The van der Waals surface area contributed by atoms with Crippen molar-refractivity contribution in [1.82, 2.24) is 0 Å². The van der Waals surface area contributed by atoms with Gasteiger partial charge in [-0.25, -0.2) is 4.39 Å². The fourth-order valence-corrected chi connectivity index (χ4v) is 2.16. The second kappa shape index (κ2) is 8.56. The molecule has 1 aromatic carbocycles. The molecule has 3 nitrogen and oxygen atoms in total. The van der Waals surface area contributed by atoms with Crippen LogP contribution in [0.15, 0.2) is 12.1 Å². The fraction of sp³-hybridized carbons (Fsp3) is 0.562. The van der Waals surface area contributed by atoms with Gasteiger partial charge in [-0.15, -0.1) is 0 Å². The summed E-state index contributed by atoms with van der Waals surface area (Å²) in [6.45, 7) is 10.3. The second-order valence-electron chi connectivity index (χ2n) is 4.26. The van der Waals surface area contributed by atoms with Crippen molar-refractivity contribution in [2.24, 2.45) is 0 Å². The van der Waals surface area contributed by atoms with Crippen LogP contribution in [-0.4, -0.2) is 24.7 Å². The zero-order valence-electron chi connectivity index (χ0n) is 13.3. The third-order valence-corrected chi connectivity index (χ3v) is 3.15. The average Bonchev–Trinajstić information content (AvgIpc) is 2.45. The molecule has 1 aliphatic heterocycles. The third kappa shape index (κ3) is 3.95. The van der Waals surface area contributed by atoms with E-state index in [4.69, 9.17) is 5.11 Å². The molecule has 0 radical (unpaired) electrons. The van der Waals surface area contributed by atoms with Crippen molar-refractivity contribution in [3.63, 3.8) is 0 Å². The van der Waals surface area contributed by atoms with Crippen molar-refractivity contribution < 1.29 is 14.3 Å². The number of benzene rings is 1. The average molecular weight is 283 g/mol. The molecule has 0 amide bonds. The Balaban J connectivity index is 0.000000829. The molecule has 114 valence electrons. The number of rotatable bonds is 1. The summed E-state index contributed by atoms with van der Waals surface area (Å²) >= 11 is 0. The Bertz CT molecular complexity index is 446. The molecule has 0 saturated carbocycles. The molecule has 0 saturated heterocycles. The van der Waals surface area contributed by atoms with Crippen LogP contribution in [0.4, 0.5) is 10.1 Å². The molecule has 0 aliphatic carbocycles. The van der Waals surface area contributed by atoms with Gasteiger partial charge in [-0.05, 0) is 30.5 Å². The van der Waals surface area contributed by atoms with E-state index in [1.165, 1.54) is 6.07 Å². The van der Waals surface area contributed by atoms with Crippen molar-refractivity contribution in [3.8, 4) is 0 Å². The standard InChI is InChI=1S/C12H14FNO2.2C2H6/c1-7-5-9-8(12(15)16)3-4-14(2)11(9)6-10(7)13;2*1-2/h5-6,8H,3-4H2,1-2H3,(H,15,16);2*1-2H3. The molecule has 2 rings (SSSR count). The van der Waals surface area contributed by atoms with Crippen molar-refractivity contribution in [1.29, 1.82) is 0 Å². The summed E-state index contributed by atoms with van der Waals surface area (Å²) in [6.07, 6.45) is 0.573. The number of halogens is 1. The summed E-state index contributed by atoms with van der Waals surface area (Å²) in [4.78, 5) is 13.0. The van der Waals surface area contributed by atoms with Gasteiger partial charge in [-0.2, -0.15) is 0 Å². The van der Waals surface area contributed by atoms with Gasteiger partial charge in [0.2, 0.25) is 0 Å². The van der Waals surface area contributed by atoms with Gasteiger partial charge >= 0.3 is 5.97 Å². The number of carbonyl (C=O) groups is 1. The first-order valence-electron chi connectivity index (χ1n) is 7.24. The molecule has 1 heterocycles. The van der Waals surface area contributed by atoms with Crippen LogP contribution in [0.1, 0.15) is 51.2 Å². The molecule has 1 unspecified atom stereocenters. The van der Waals surface area contributed by atoms with E-state index in [9.17, 15) is 9.18 Å². The van der Waals surface area contributed by atoms with Crippen LogP contribution in [0.3, 0.4) is 0 Å². The highest BCUT2D eigenvalue weighted by Gasteiger charge is 2.29. The van der Waals surface area contributed by atoms with Crippen LogP contribution in [0.2, 0.25) is 0 Å². The van der Waals surface area contributed by atoms with E-state index in [1.54, 1.807) is 13.0 Å². The Labute approximate surface area is 121 Å². The highest BCUT2D eigenvalue weighted by atomic mass is 19.1. The molecule has 1 atom stereocenters. The Morgan fingerprint density at radius 2 is 1.85 bits per heavy atom. The van der Waals surface area contributed by atoms with E-state index in [0.29, 0.717) is 24.2 Å². The lowest BCUT2D eigenvalue weighted by Gasteiger charge is -2.31. The Hall–Kier alpha value is -1.58. The molecule has 1 aliphatic rings. The van der Waals surface area contributed by atoms with Crippen LogP contribution >= 0.6 is 0 Å². The van der Waals surface area contributed by atoms with E-state index in [0.717, 1.165) is 5.56 Å². The van der Waals surface area contributed by atoms with E-state index in [-0.39, 0.29) is 5.82 Å². The molecule has 0 bridgehead atoms. The van der Waals surface area contributed by atoms with Crippen LogP contribution in [0, 0.1) is 12.7 Å². The third-order valence-electron chi connectivity index (χ3n) is 3.15. The maximum absolute atomic E-state index is 13.4. The molecule has 0 fully saturated rings. The molecular weight excluding hydrogens is 257 g/mol. The number of hydrogen-bond acceptors (Lipinski definition) is 2. The summed E-state index contributed by atoms with van der Waals surface area (Å²) in [5, 5.41) is 9.12. The topological polar surface area (TPSA) is 40.5 Å². The fourth-order valence-electron chi connectivity index (χ4n) is 2.16.